The van der Waals surface area contributed by atoms with Crippen molar-refractivity contribution in [1.82, 2.24) is 4.57 Å². The molecule has 1 heterocycles. The third-order valence-electron chi connectivity index (χ3n) is 3.47. The Kier molecular flexibility index (Phi) is 3.50. The lowest BCUT2D eigenvalue weighted by Crippen LogP contribution is -2.20. The van der Waals surface area contributed by atoms with Crippen molar-refractivity contribution in [3.63, 3.8) is 0 Å². The van der Waals surface area contributed by atoms with Crippen molar-refractivity contribution in [3.8, 4) is 5.75 Å². The molecule has 1 aromatic carbocycles. The van der Waals surface area contributed by atoms with Gasteiger partial charge < -0.3 is 14.4 Å². The molecule has 5 nitrogen and oxygen atoms in total. The fraction of sp³-hybridized carbons (Fsp3) is 0.286. The van der Waals surface area contributed by atoms with Crippen LogP contribution in [0, 0.1) is 11.9 Å². The first kappa shape index (κ1) is 15.3. The van der Waals surface area contributed by atoms with E-state index in [-0.39, 0.29) is 11.9 Å². The summed E-state index contributed by atoms with van der Waals surface area (Å²) in [6.07, 6.45) is -0.462. The molecule has 3 rings (SSSR count). The number of carboxylic acid groups (broad SMARTS) is 1. The molecular weight excluding hydrogens is 322 g/mol. The third kappa shape index (κ3) is 2.62. The van der Waals surface area contributed by atoms with Gasteiger partial charge in [-0.3, -0.25) is 4.79 Å². The zero-order chi connectivity index (χ0) is 16.9. The fourth-order valence-corrected chi connectivity index (χ4v) is 2.39. The minimum atomic E-state index is -3.32. The van der Waals surface area contributed by atoms with Crippen molar-refractivity contribution in [1.29, 1.82) is 0 Å². The minimum absolute atomic E-state index is 0.0164. The molecule has 1 N–H and O–H groups in total. The Morgan fingerprint density at radius 2 is 2.13 bits per heavy atom. The molecule has 0 amide bonds. The number of benzene rings is 1. The average Bonchev–Trinajstić information content (AvgIpc) is 3.15. The second kappa shape index (κ2) is 5.25. The molecule has 1 aliphatic carbocycles. The van der Waals surface area contributed by atoms with Gasteiger partial charge in [0.15, 0.2) is 5.75 Å². The number of ether oxygens (including phenoxy) is 1. The van der Waals surface area contributed by atoms with E-state index in [1.165, 1.54) is 0 Å². The molecule has 0 unspecified atom stereocenters. The van der Waals surface area contributed by atoms with E-state index in [0.717, 1.165) is 10.8 Å². The van der Waals surface area contributed by atoms with Crippen LogP contribution in [0.1, 0.15) is 22.8 Å². The summed E-state index contributed by atoms with van der Waals surface area (Å²) in [5, 5.41) is 8.55. The van der Waals surface area contributed by atoms with E-state index in [0.29, 0.717) is 6.07 Å². The van der Waals surface area contributed by atoms with Crippen LogP contribution in [-0.4, -0.2) is 28.4 Å². The highest BCUT2D eigenvalue weighted by molar-refractivity contribution is 5.94. The SMILES string of the molecule is O=C(O)c1cn([C@@H]2C[C@H]2F)c2c(OC(F)F)[c]c(F)cc2c1=O. The van der Waals surface area contributed by atoms with E-state index in [2.05, 4.69) is 4.74 Å². The molecule has 1 aliphatic rings. The van der Waals surface area contributed by atoms with E-state index in [1.54, 1.807) is 0 Å². The maximum atomic E-state index is 13.5. The Morgan fingerprint density at radius 3 is 2.65 bits per heavy atom. The maximum Gasteiger partial charge on any atom is 0.387 e. The summed E-state index contributed by atoms with van der Waals surface area (Å²) in [6, 6.07) is 1.72. The number of pyridine rings is 1. The average molecular weight is 330 g/mol. The largest absolute Gasteiger partial charge is 0.477 e. The fourth-order valence-electron chi connectivity index (χ4n) is 2.39. The highest BCUT2D eigenvalue weighted by atomic mass is 19.3. The Bertz CT molecular complexity index is 864. The van der Waals surface area contributed by atoms with Gasteiger partial charge >= 0.3 is 12.6 Å². The van der Waals surface area contributed by atoms with E-state index in [9.17, 15) is 27.2 Å². The van der Waals surface area contributed by atoms with Gasteiger partial charge in [0.25, 0.3) is 0 Å². The number of carboxylic acids is 1. The molecule has 2 atom stereocenters. The van der Waals surface area contributed by atoms with Crippen LogP contribution in [0.3, 0.4) is 0 Å². The van der Waals surface area contributed by atoms with Crippen molar-refractivity contribution < 1.29 is 32.2 Å². The number of halogens is 4. The van der Waals surface area contributed by atoms with Crippen LogP contribution < -0.4 is 10.2 Å². The highest BCUT2D eigenvalue weighted by Crippen LogP contribution is 2.42. The van der Waals surface area contributed by atoms with E-state index in [1.807, 2.05) is 6.07 Å². The van der Waals surface area contributed by atoms with Crippen molar-refractivity contribution in [2.24, 2.45) is 0 Å². The Morgan fingerprint density at radius 1 is 1.48 bits per heavy atom. The number of rotatable bonds is 4. The first-order valence-electron chi connectivity index (χ1n) is 6.42. The van der Waals surface area contributed by atoms with Gasteiger partial charge in [-0.15, -0.1) is 0 Å². The van der Waals surface area contributed by atoms with Gasteiger partial charge in [0, 0.05) is 12.6 Å². The van der Waals surface area contributed by atoms with Crippen molar-refractivity contribution in [2.75, 3.05) is 0 Å². The topological polar surface area (TPSA) is 68.5 Å². The normalized spacial score (nSPS) is 20.0. The molecule has 0 saturated heterocycles. The number of aromatic nitrogens is 1. The first-order chi connectivity index (χ1) is 10.8. The molecule has 1 saturated carbocycles. The van der Waals surface area contributed by atoms with E-state index >= 15 is 0 Å². The van der Waals surface area contributed by atoms with Crippen LogP contribution >= 0.6 is 0 Å². The van der Waals surface area contributed by atoms with E-state index < -0.39 is 52.7 Å². The second-order valence-corrected chi connectivity index (χ2v) is 4.99. The van der Waals surface area contributed by atoms with Gasteiger partial charge in [-0.25, -0.2) is 13.6 Å². The predicted octanol–water partition coefficient (Wildman–Crippen LogP) is 2.52. The molecular formula is C14H8F4NO4. The van der Waals surface area contributed by atoms with Crippen LogP contribution in [0.4, 0.5) is 17.6 Å². The predicted molar refractivity (Wildman–Crippen MR) is 69.1 cm³/mol. The Balaban J connectivity index is 2.39. The summed E-state index contributed by atoms with van der Waals surface area (Å²) in [6.45, 7) is -3.32. The molecule has 1 radical (unpaired) electrons. The number of fused-ring (bicyclic) bond motifs is 1. The number of aromatic carboxylic acids is 1. The lowest BCUT2D eigenvalue weighted by Gasteiger charge is -2.15. The minimum Gasteiger partial charge on any atom is -0.477 e. The summed E-state index contributed by atoms with van der Waals surface area (Å²) in [7, 11) is 0. The lowest BCUT2D eigenvalue weighted by molar-refractivity contribution is -0.0493. The summed E-state index contributed by atoms with van der Waals surface area (Å²) in [5.41, 5.74) is -2.11. The smallest absolute Gasteiger partial charge is 0.387 e. The first-order valence-corrected chi connectivity index (χ1v) is 6.42. The summed E-state index contributed by atoms with van der Waals surface area (Å²) in [4.78, 5) is 23.3. The third-order valence-corrected chi connectivity index (χ3v) is 3.47. The number of hydrogen-bond donors (Lipinski definition) is 1. The monoisotopic (exact) mass is 330 g/mol. The molecule has 0 spiro atoms. The Labute approximate surface area is 125 Å². The highest BCUT2D eigenvalue weighted by Gasteiger charge is 2.40. The maximum absolute atomic E-state index is 13.5. The van der Waals surface area contributed by atoms with Crippen molar-refractivity contribution >= 4 is 16.9 Å². The van der Waals surface area contributed by atoms with Crippen LogP contribution in [0.25, 0.3) is 10.9 Å². The van der Waals surface area contributed by atoms with Gasteiger partial charge in [0.05, 0.1) is 23.0 Å². The van der Waals surface area contributed by atoms with Gasteiger partial charge in [-0.1, -0.05) is 0 Å². The molecule has 2 aromatic rings. The molecule has 0 bridgehead atoms. The number of hydrogen-bond acceptors (Lipinski definition) is 3. The molecule has 1 fully saturated rings. The second-order valence-electron chi connectivity index (χ2n) is 4.99. The molecule has 1 aromatic heterocycles. The zero-order valence-corrected chi connectivity index (χ0v) is 11.2. The number of carbonyl (C=O) groups is 1. The quantitative estimate of drug-likeness (QED) is 0.875. The summed E-state index contributed by atoms with van der Waals surface area (Å²) in [5.74, 6) is -3.54. The van der Waals surface area contributed by atoms with Gasteiger partial charge in [-0.2, -0.15) is 8.78 Å². The van der Waals surface area contributed by atoms with Gasteiger partial charge in [0.2, 0.25) is 5.43 Å². The number of alkyl halides is 3. The summed E-state index contributed by atoms with van der Waals surface area (Å²) < 4.78 is 57.1. The standard InChI is InChI=1S/C14H8F4NO4/c15-5-1-6-11(10(2-5)23-14(17)18)19(9-3-8(9)16)4-7(12(6)20)13(21)22/h1,4,8-9,14H,3H2,(H,21,22)/t8-,9-/m1/s1. The lowest BCUT2D eigenvalue weighted by atomic mass is 10.1. The van der Waals surface area contributed by atoms with Crippen molar-refractivity contribution in [3.05, 3.63) is 39.9 Å². The van der Waals surface area contributed by atoms with E-state index in [4.69, 9.17) is 5.11 Å². The molecule has 9 heteroatoms. The van der Waals surface area contributed by atoms with Crippen molar-refractivity contribution in [2.45, 2.75) is 25.2 Å². The number of nitrogens with zero attached hydrogens (tertiary/aromatic N) is 1. The van der Waals surface area contributed by atoms with Crippen LogP contribution in [0.5, 0.6) is 5.75 Å². The summed E-state index contributed by atoms with van der Waals surface area (Å²) >= 11 is 0. The zero-order valence-electron chi connectivity index (χ0n) is 11.2. The molecule has 121 valence electrons. The molecule has 0 aliphatic heterocycles. The van der Waals surface area contributed by atoms with Crippen LogP contribution in [-0.2, 0) is 0 Å². The molecule has 23 heavy (non-hydrogen) atoms. The Hall–Kier alpha value is -2.58. The van der Waals surface area contributed by atoms with Crippen LogP contribution in [0.2, 0.25) is 0 Å². The van der Waals surface area contributed by atoms with Gasteiger partial charge in [-0.05, 0) is 6.07 Å². The van der Waals surface area contributed by atoms with Gasteiger partial charge in [0.1, 0.15) is 17.6 Å². The van der Waals surface area contributed by atoms with Crippen LogP contribution in [0.15, 0.2) is 17.1 Å².